The predicted octanol–water partition coefficient (Wildman–Crippen LogP) is 0.637. The highest BCUT2D eigenvalue weighted by molar-refractivity contribution is 5.73. The summed E-state index contributed by atoms with van der Waals surface area (Å²) in [6.45, 7) is 7.80. The van der Waals surface area contributed by atoms with Crippen LogP contribution in [0.1, 0.15) is 6.92 Å². The Balaban J connectivity index is 0. The molecular formula is C13H21F6N3O5. The third-order valence-electron chi connectivity index (χ3n) is 2.98. The quantitative estimate of drug-likeness (QED) is 0.583. The van der Waals surface area contributed by atoms with Gasteiger partial charge in [0.05, 0.1) is 0 Å². The normalized spacial score (nSPS) is 14.8. The van der Waals surface area contributed by atoms with Gasteiger partial charge in [0.1, 0.15) is 0 Å². The first-order valence-electron chi connectivity index (χ1n) is 7.34. The van der Waals surface area contributed by atoms with Crippen LogP contribution >= 0.6 is 0 Å². The van der Waals surface area contributed by atoms with E-state index in [-0.39, 0.29) is 5.91 Å². The number of aliphatic carboxylic acids is 2. The van der Waals surface area contributed by atoms with Gasteiger partial charge in [-0.25, -0.2) is 9.59 Å². The largest absolute Gasteiger partial charge is 0.490 e. The summed E-state index contributed by atoms with van der Waals surface area (Å²) >= 11 is 0. The number of carboxylic acids is 2. The first kappa shape index (κ1) is 27.1. The number of nitrogens with one attached hydrogen (secondary N) is 1. The second-order valence-corrected chi connectivity index (χ2v) is 5.14. The zero-order valence-electron chi connectivity index (χ0n) is 14.5. The predicted molar refractivity (Wildman–Crippen MR) is 80.0 cm³/mol. The zero-order chi connectivity index (χ0) is 21.8. The molecule has 27 heavy (non-hydrogen) atoms. The average Bonchev–Trinajstić information content (AvgIpc) is 2.52. The van der Waals surface area contributed by atoms with E-state index in [1.54, 1.807) is 11.8 Å². The second kappa shape index (κ2) is 12.3. The van der Waals surface area contributed by atoms with Crippen molar-refractivity contribution in [2.75, 3.05) is 46.3 Å². The van der Waals surface area contributed by atoms with E-state index in [0.29, 0.717) is 0 Å². The van der Waals surface area contributed by atoms with E-state index in [2.05, 4.69) is 10.2 Å². The molecule has 14 heteroatoms. The van der Waals surface area contributed by atoms with Crippen LogP contribution in [-0.2, 0) is 14.4 Å². The molecule has 1 heterocycles. The fourth-order valence-electron chi connectivity index (χ4n) is 1.38. The zero-order valence-corrected chi connectivity index (χ0v) is 14.5. The minimum Gasteiger partial charge on any atom is -0.475 e. The molecule has 0 spiro atoms. The van der Waals surface area contributed by atoms with Crippen LogP contribution in [0.25, 0.3) is 0 Å². The van der Waals surface area contributed by atoms with E-state index in [1.807, 2.05) is 7.05 Å². The fourth-order valence-corrected chi connectivity index (χ4v) is 1.38. The van der Waals surface area contributed by atoms with E-state index in [4.69, 9.17) is 19.8 Å². The van der Waals surface area contributed by atoms with E-state index in [1.165, 1.54) is 0 Å². The minimum atomic E-state index is -5.08. The Morgan fingerprint density at radius 3 is 1.56 bits per heavy atom. The van der Waals surface area contributed by atoms with Gasteiger partial charge in [-0.3, -0.25) is 9.69 Å². The highest BCUT2D eigenvalue weighted by Crippen LogP contribution is 2.13. The Kier molecular flexibility index (Phi) is 12.4. The number of hydrogen-bond donors (Lipinski definition) is 3. The molecule has 0 radical (unpaired) electrons. The van der Waals surface area contributed by atoms with E-state index in [0.717, 1.165) is 39.3 Å². The molecule has 0 aromatic carbocycles. The SMILES string of the molecule is CC(=O)N(C)CCN1CCNCC1.O=C(O)C(F)(F)F.O=C(O)C(F)(F)F. The Labute approximate surface area is 150 Å². The Morgan fingerprint density at radius 1 is 0.963 bits per heavy atom. The number of piperazine rings is 1. The maximum absolute atomic E-state index is 10.9. The maximum atomic E-state index is 10.9. The molecule has 0 atom stereocenters. The molecule has 1 saturated heterocycles. The monoisotopic (exact) mass is 413 g/mol. The van der Waals surface area contributed by atoms with Crippen molar-refractivity contribution in [1.29, 1.82) is 0 Å². The molecule has 160 valence electrons. The van der Waals surface area contributed by atoms with Gasteiger partial charge in [-0.1, -0.05) is 0 Å². The van der Waals surface area contributed by atoms with Crippen molar-refractivity contribution in [3.05, 3.63) is 0 Å². The lowest BCUT2D eigenvalue weighted by molar-refractivity contribution is -0.193. The van der Waals surface area contributed by atoms with Crippen LogP contribution in [0.2, 0.25) is 0 Å². The number of likely N-dealkylation sites (N-methyl/N-ethyl adjacent to an activating group) is 1. The molecule has 3 N–H and O–H groups in total. The highest BCUT2D eigenvalue weighted by Gasteiger charge is 2.38. The average molecular weight is 413 g/mol. The van der Waals surface area contributed by atoms with Crippen LogP contribution < -0.4 is 5.32 Å². The van der Waals surface area contributed by atoms with Gasteiger partial charge < -0.3 is 20.4 Å². The lowest BCUT2D eigenvalue weighted by Gasteiger charge is -2.28. The topological polar surface area (TPSA) is 110 Å². The summed E-state index contributed by atoms with van der Waals surface area (Å²) in [6, 6.07) is 0. The van der Waals surface area contributed by atoms with Crippen molar-refractivity contribution in [1.82, 2.24) is 15.1 Å². The molecule has 8 nitrogen and oxygen atoms in total. The van der Waals surface area contributed by atoms with Crippen LogP contribution in [0, 0.1) is 0 Å². The number of carbonyl (C=O) groups is 3. The van der Waals surface area contributed by atoms with E-state index < -0.39 is 24.3 Å². The fraction of sp³-hybridized carbons (Fsp3) is 0.769. The van der Waals surface area contributed by atoms with Crippen LogP contribution in [0.15, 0.2) is 0 Å². The number of carbonyl (C=O) groups excluding carboxylic acids is 1. The standard InChI is InChI=1S/C9H19N3O.2C2HF3O2/c1-9(13)11(2)7-8-12-5-3-10-4-6-12;2*3-2(4,5)1(6)7/h10H,3-8H2,1-2H3;2*(H,6,7). The maximum Gasteiger partial charge on any atom is 0.490 e. The summed E-state index contributed by atoms with van der Waals surface area (Å²) in [4.78, 5) is 32.9. The molecule has 0 unspecified atom stereocenters. The summed E-state index contributed by atoms with van der Waals surface area (Å²) in [5, 5.41) is 17.6. The van der Waals surface area contributed by atoms with Crippen LogP contribution in [0.3, 0.4) is 0 Å². The van der Waals surface area contributed by atoms with Crippen molar-refractivity contribution in [2.45, 2.75) is 19.3 Å². The summed E-state index contributed by atoms with van der Waals surface area (Å²) in [5.74, 6) is -5.37. The summed E-state index contributed by atoms with van der Waals surface area (Å²) in [7, 11) is 1.85. The molecular weight excluding hydrogens is 392 g/mol. The molecule has 1 aliphatic heterocycles. The number of halogens is 6. The number of rotatable bonds is 3. The molecule has 0 saturated carbocycles. The molecule has 0 aromatic rings. The lowest BCUT2D eigenvalue weighted by atomic mass is 10.3. The summed E-state index contributed by atoms with van der Waals surface area (Å²) in [5.41, 5.74) is 0. The van der Waals surface area contributed by atoms with Crippen molar-refractivity contribution in [3.63, 3.8) is 0 Å². The first-order chi connectivity index (χ1) is 12.1. The van der Waals surface area contributed by atoms with Crippen LogP contribution in [0.5, 0.6) is 0 Å². The van der Waals surface area contributed by atoms with Gasteiger partial charge in [-0.05, 0) is 0 Å². The lowest BCUT2D eigenvalue weighted by Crippen LogP contribution is -2.46. The number of hydrogen-bond acceptors (Lipinski definition) is 5. The third-order valence-corrected chi connectivity index (χ3v) is 2.98. The Hall–Kier alpha value is -2.09. The third kappa shape index (κ3) is 15.9. The van der Waals surface area contributed by atoms with Crippen LogP contribution in [-0.4, -0.2) is 96.5 Å². The molecule has 1 fully saturated rings. The molecule has 0 bridgehead atoms. The molecule has 1 amide bonds. The molecule has 0 aliphatic carbocycles. The van der Waals surface area contributed by atoms with Gasteiger partial charge in [-0.2, -0.15) is 26.3 Å². The van der Waals surface area contributed by atoms with Gasteiger partial charge in [0.25, 0.3) is 0 Å². The Bertz CT molecular complexity index is 454. The summed E-state index contributed by atoms with van der Waals surface area (Å²) < 4.78 is 63.5. The smallest absolute Gasteiger partial charge is 0.475 e. The minimum absolute atomic E-state index is 0.148. The van der Waals surface area contributed by atoms with E-state index >= 15 is 0 Å². The van der Waals surface area contributed by atoms with E-state index in [9.17, 15) is 31.1 Å². The van der Waals surface area contributed by atoms with Crippen molar-refractivity contribution < 1.29 is 50.9 Å². The molecule has 0 aromatic heterocycles. The highest BCUT2D eigenvalue weighted by atomic mass is 19.4. The number of carboxylic acid groups (broad SMARTS) is 2. The molecule has 1 rings (SSSR count). The molecule has 1 aliphatic rings. The number of alkyl halides is 6. The van der Waals surface area contributed by atoms with Crippen LogP contribution in [0.4, 0.5) is 26.3 Å². The van der Waals surface area contributed by atoms with Gasteiger partial charge in [0.2, 0.25) is 5.91 Å². The first-order valence-corrected chi connectivity index (χ1v) is 7.34. The van der Waals surface area contributed by atoms with Gasteiger partial charge >= 0.3 is 24.3 Å². The summed E-state index contributed by atoms with van der Waals surface area (Å²) in [6.07, 6.45) is -10.2. The number of nitrogens with zero attached hydrogens (tertiary/aromatic N) is 2. The second-order valence-electron chi connectivity index (χ2n) is 5.14. The van der Waals surface area contributed by atoms with Crippen molar-refractivity contribution in [2.24, 2.45) is 0 Å². The van der Waals surface area contributed by atoms with Gasteiger partial charge in [-0.15, -0.1) is 0 Å². The Morgan fingerprint density at radius 2 is 1.30 bits per heavy atom. The van der Waals surface area contributed by atoms with Gasteiger partial charge in [0.15, 0.2) is 0 Å². The van der Waals surface area contributed by atoms with Crippen molar-refractivity contribution in [3.8, 4) is 0 Å². The van der Waals surface area contributed by atoms with Gasteiger partial charge in [0, 0.05) is 53.2 Å². The number of amides is 1. The van der Waals surface area contributed by atoms with Crippen molar-refractivity contribution >= 4 is 17.8 Å².